The van der Waals surface area contributed by atoms with E-state index in [-0.39, 0.29) is 6.79 Å². The Hall–Kier alpha value is -2.44. The third kappa shape index (κ3) is 3.06. The lowest BCUT2D eigenvalue weighted by Gasteiger charge is -2.12. The fraction of sp³-hybridized carbons (Fsp3) is 0.333. The molecule has 102 valence electrons. The first-order valence-electron chi connectivity index (χ1n) is 5.65. The quantitative estimate of drug-likeness (QED) is 0.800. The van der Waals surface area contributed by atoms with Crippen LogP contribution in [-0.2, 0) is 9.53 Å². The van der Waals surface area contributed by atoms with Crippen LogP contribution in [0, 0.1) is 0 Å². The SMILES string of the molecule is COC(=O)C(C)NC(=O)Nc1ccc2c(c1)OCO2. The van der Waals surface area contributed by atoms with Gasteiger partial charge in [-0.15, -0.1) is 0 Å². The first kappa shape index (κ1) is 13.0. The zero-order chi connectivity index (χ0) is 13.8. The van der Waals surface area contributed by atoms with E-state index in [0.717, 1.165) is 0 Å². The highest BCUT2D eigenvalue weighted by atomic mass is 16.7. The van der Waals surface area contributed by atoms with Gasteiger partial charge in [-0.2, -0.15) is 0 Å². The number of ether oxygens (including phenoxy) is 3. The lowest BCUT2D eigenvalue weighted by molar-refractivity contribution is -0.142. The third-order valence-electron chi connectivity index (χ3n) is 2.53. The molecule has 2 amide bonds. The molecule has 0 aliphatic carbocycles. The zero-order valence-electron chi connectivity index (χ0n) is 10.6. The summed E-state index contributed by atoms with van der Waals surface area (Å²) in [5.74, 6) is 0.688. The Balaban J connectivity index is 1.94. The number of nitrogens with one attached hydrogen (secondary N) is 2. The zero-order valence-corrected chi connectivity index (χ0v) is 10.6. The topological polar surface area (TPSA) is 85.9 Å². The summed E-state index contributed by atoms with van der Waals surface area (Å²) < 4.78 is 14.9. The Bertz CT molecular complexity index is 503. The van der Waals surface area contributed by atoms with Gasteiger partial charge in [-0.3, -0.25) is 0 Å². The number of benzene rings is 1. The van der Waals surface area contributed by atoms with Gasteiger partial charge in [-0.1, -0.05) is 0 Å². The summed E-state index contributed by atoms with van der Waals surface area (Å²) >= 11 is 0. The number of fused-ring (bicyclic) bond motifs is 1. The summed E-state index contributed by atoms with van der Waals surface area (Å²) in [4.78, 5) is 22.8. The van der Waals surface area contributed by atoms with Crippen molar-refractivity contribution in [3.63, 3.8) is 0 Å². The van der Waals surface area contributed by atoms with Crippen molar-refractivity contribution in [3.8, 4) is 11.5 Å². The number of esters is 1. The predicted octanol–water partition coefficient (Wildman–Crippen LogP) is 1.10. The van der Waals surface area contributed by atoms with Gasteiger partial charge < -0.3 is 24.8 Å². The van der Waals surface area contributed by atoms with Crippen LogP contribution >= 0.6 is 0 Å². The minimum Gasteiger partial charge on any atom is -0.467 e. The molecule has 2 N–H and O–H groups in total. The average Bonchev–Trinajstić information content (AvgIpc) is 2.84. The van der Waals surface area contributed by atoms with E-state index >= 15 is 0 Å². The van der Waals surface area contributed by atoms with E-state index in [0.29, 0.717) is 17.2 Å². The van der Waals surface area contributed by atoms with Crippen LogP contribution in [0.1, 0.15) is 6.92 Å². The third-order valence-corrected chi connectivity index (χ3v) is 2.53. The number of hydrogen-bond acceptors (Lipinski definition) is 5. The lowest BCUT2D eigenvalue weighted by Crippen LogP contribution is -2.41. The second-order valence-electron chi connectivity index (χ2n) is 3.91. The normalized spacial score (nSPS) is 13.6. The van der Waals surface area contributed by atoms with E-state index in [2.05, 4.69) is 15.4 Å². The number of rotatable bonds is 3. The molecule has 0 aromatic heterocycles. The standard InChI is InChI=1S/C12H14N2O5/c1-7(11(15)17-2)13-12(16)14-8-3-4-9-10(5-8)19-6-18-9/h3-5,7H,6H2,1-2H3,(H2,13,14,16). The number of urea groups is 1. The molecule has 1 unspecified atom stereocenters. The number of carbonyl (C=O) groups is 2. The van der Waals surface area contributed by atoms with Crippen molar-refractivity contribution in [1.82, 2.24) is 5.32 Å². The molecule has 7 heteroatoms. The molecule has 0 saturated heterocycles. The predicted molar refractivity (Wildman–Crippen MR) is 66.2 cm³/mol. The fourth-order valence-electron chi connectivity index (χ4n) is 1.57. The van der Waals surface area contributed by atoms with E-state index < -0.39 is 18.0 Å². The van der Waals surface area contributed by atoms with Crippen LogP contribution in [0.15, 0.2) is 18.2 Å². The molecule has 1 heterocycles. The molecule has 0 bridgehead atoms. The van der Waals surface area contributed by atoms with Crippen LogP contribution in [0.4, 0.5) is 10.5 Å². The summed E-state index contributed by atoms with van der Waals surface area (Å²) in [6, 6.07) is 3.79. The molecule has 0 radical (unpaired) electrons. The molecule has 7 nitrogen and oxygen atoms in total. The lowest BCUT2D eigenvalue weighted by atomic mass is 10.3. The maximum absolute atomic E-state index is 11.6. The van der Waals surface area contributed by atoms with Gasteiger partial charge >= 0.3 is 12.0 Å². The van der Waals surface area contributed by atoms with Crippen LogP contribution in [0.3, 0.4) is 0 Å². The number of carbonyl (C=O) groups excluding carboxylic acids is 2. The van der Waals surface area contributed by atoms with Crippen molar-refractivity contribution < 1.29 is 23.8 Å². The molecule has 1 atom stereocenters. The van der Waals surface area contributed by atoms with Crippen molar-refractivity contribution in [2.24, 2.45) is 0 Å². The molecule has 0 saturated carbocycles. The maximum atomic E-state index is 11.6. The Labute approximate surface area is 109 Å². The van der Waals surface area contributed by atoms with Crippen molar-refractivity contribution in [2.45, 2.75) is 13.0 Å². The van der Waals surface area contributed by atoms with Crippen LogP contribution in [0.25, 0.3) is 0 Å². The maximum Gasteiger partial charge on any atom is 0.328 e. The Morgan fingerprint density at radius 2 is 2.05 bits per heavy atom. The van der Waals surface area contributed by atoms with Crippen molar-refractivity contribution in [2.75, 3.05) is 19.2 Å². The Morgan fingerprint density at radius 3 is 2.79 bits per heavy atom. The molecule has 1 aromatic rings. The fourth-order valence-corrected chi connectivity index (χ4v) is 1.57. The second kappa shape index (κ2) is 5.47. The Morgan fingerprint density at radius 1 is 1.32 bits per heavy atom. The minimum absolute atomic E-state index is 0.171. The van der Waals surface area contributed by atoms with Gasteiger partial charge in [-0.05, 0) is 19.1 Å². The summed E-state index contributed by atoms with van der Waals surface area (Å²) in [6.07, 6.45) is 0. The highest BCUT2D eigenvalue weighted by Gasteiger charge is 2.17. The summed E-state index contributed by atoms with van der Waals surface area (Å²) in [5.41, 5.74) is 0.541. The molecule has 0 fully saturated rings. The van der Waals surface area contributed by atoms with Crippen molar-refractivity contribution >= 4 is 17.7 Å². The second-order valence-corrected chi connectivity index (χ2v) is 3.91. The van der Waals surface area contributed by atoms with Crippen LogP contribution < -0.4 is 20.1 Å². The van der Waals surface area contributed by atoms with Crippen LogP contribution in [0.2, 0.25) is 0 Å². The van der Waals surface area contributed by atoms with Crippen LogP contribution in [-0.4, -0.2) is 31.9 Å². The van der Waals surface area contributed by atoms with Gasteiger partial charge in [0.25, 0.3) is 0 Å². The summed E-state index contributed by atoms with van der Waals surface area (Å²) in [7, 11) is 1.26. The van der Waals surface area contributed by atoms with E-state index in [1.807, 2.05) is 0 Å². The van der Waals surface area contributed by atoms with E-state index in [1.165, 1.54) is 14.0 Å². The van der Waals surface area contributed by atoms with Crippen LogP contribution in [0.5, 0.6) is 11.5 Å². The van der Waals surface area contributed by atoms with Gasteiger partial charge in [0, 0.05) is 11.8 Å². The molecule has 2 rings (SSSR count). The van der Waals surface area contributed by atoms with Gasteiger partial charge in [-0.25, -0.2) is 9.59 Å². The number of methoxy groups -OCH3 is 1. The highest BCUT2D eigenvalue weighted by molar-refractivity contribution is 5.92. The van der Waals surface area contributed by atoms with Crippen molar-refractivity contribution in [1.29, 1.82) is 0 Å². The number of amides is 2. The van der Waals surface area contributed by atoms with E-state index in [9.17, 15) is 9.59 Å². The molecule has 1 aliphatic heterocycles. The largest absolute Gasteiger partial charge is 0.467 e. The molecule has 1 aromatic carbocycles. The molecule has 0 spiro atoms. The van der Waals surface area contributed by atoms with Gasteiger partial charge in [0.05, 0.1) is 7.11 Å². The highest BCUT2D eigenvalue weighted by Crippen LogP contribution is 2.34. The molecular formula is C12H14N2O5. The number of hydrogen-bond donors (Lipinski definition) is 2. The van der Waals surface area contributed by atoms with Gasteiger partial charge in [0.15, 0.2) is 11.5 Å². The smallest absolute Gasteiger partial charge is 0.328 e. The minimum atomic E-state index is -0.723. The summed E-state index contributed by atoms with van der Waals surface area (Å²) in [5, 5.41) is 5.04. The Kier molecular flexibility index (Phi) is 3.74. The van der Waals surface area contributed by atoms with E-state index in [1.54, 1.807) is 18.2 Å². The van der Waals surface area contributed by atoms with Gasteiger partial charge in [0.1, 0.15) is 6.04 Å². The van der Waals surface area contributed by atoms with Gasteiger partial charge in [0.2, 0.25) is 6.79 Å². The summed E-state index contributed by atoms with van der Waals surface area (Å²) in [6.45, 7) is 1.70. The van der Waals surface area contributed by atoms with Crippen molar-refractivity contribution in [3.05, 3.63) is 18.2 Å². The molecular weight excluding hydrogens is 252 g/mol. The van der Waals surface area contributed by atoms with E-state index in [4.69, 9.17) is 9.47 Å². The monoisotopic (exact) mass is 266 g/mol. The number of anilines is 1. The first-order valence-corrected chi connectivity index (χ1v) is 5.65. The molecule has 19 heavy (non-hydrogen) atoms. The average molecular weight is 266 g/mol. The molecule has 1 aliphatic rings. The first-order chi connectivity index (χ1) is 9.10.